The number of amides is 1. The number of carbonyl (C=O) groups is 1. The molecule has 3 N–H and O–H groups in total. The molecule has 1 amide bonds. The number of nitrogens with zero attached hydrogens (tertiary/aromatic N) is 1. The lowest BCUT2D eigenvalue weighted by Crippen LogP contribution is -2.43. The van der Waals surface area contributed by atoms with Gasteiger partial charge < -0.3 is 15.4 Å². The van der Waals surface area contributed by atoms with Crippen molar-refractivity contribution in [3.8, 4) is 5.75 Å². The predicted octanol–water partition coefficient (Wildman–Crippen LogP) is 1.20. The van der Waals surface area contributed by atoms with Crippen LogP contribution in [-0.2, 0) is 14.8 Å². The van der Waals surface area contributed by atoms with Crippen LogP contribution in [0.4, 0.5) is 13.2 Å². The van der Waals surface area contributed by atoms with Gasteiger partial charge in [0.25, 0.3) is 0 Å². The Labute approximate surface area is 149 Å². The molecule has 0 aliphatic carbocycles. The van der Waals surface area contributed by atoms with Crippen molar-refractivity contribution in [1.82, 2.24) is 9.62 Å². The van der Waals surface area contributed by atoms with E-state index in [0.29, 0.717) is 25.9 Å². The molecule has 7 nitrogen and oxygen atoms in total. The number of sulfonamides is 1. The average Bonchev–Trinajstić information content (AvgIpc) is 2.54. The molecular weight excluding hydrogens is 375 g/mol. The topological polar surface area (TPSA) is 102 Å². The maximum atomic E-state index is 12.1. The minimum atomic E-state index is -4.85. The van der Waals surface area contributed by atoms with Crippen molar-refractivity contribution in [2.24, 2.45) is 5.73 Å². The van der Waals surface area contributed by atoms with E-state index in [-0.39, 0.29) is 29.8 Å². The van der Waals surface area contributed by atoms with E-state index >= 15 is 0 Å². The highest BCUT2D eigenvalue weighted by atomic mass is 32.2. The van der Waals surface area contributed by atoms with E-state index < -0.39 is 22.1 Å². The second-order valence-corrected chi connectivity index (χ2v) is 7.65. The summed E-state index contributed by atoms with van der Waals surface area (Å²) in [5.41, 5.74) is 5.76. The molecule has 146 valence electrons. The van der Waals surface area contributed by atoms with Gasteiger partial charge in [-0.3, -0.25) is 4.79 Å². The van der Waals surface area contributed by atoms with E-state index in [9.17, 15) is 26.4 Å². The van der Waals surface area contributed by atoms with Gasteiger partial charge in [0.15, 0.2) is 0 Å². The molecule has 1 aliphatic rings. The van der Waals surface area contributed by atoms with Crippen molar-refractivity contribution >= 4 is 15.9 Å². The van der Waals surface area contributed by atoms with E-state index in [1.54, 1.807) is 4.90 Å². The summed E-state index contributed by atoms with van der Waals surface area (Å²) in [5.74, 6) is -0.691. The molecule has 1 aromatic carbocycles. The standard InChI is InChI=1S/C15H20F3N3O4S/c16-15(17,18)25-12-1-3-13(4-2-12)26(23,24)20-8-5-14(22)21-9-6-11(19)7-10-21/h1-4,11,20H,5-10,19H2. The Morgan fingerprint density at radius 3 is 2.35 bits per heavy atom. The van der Waals surface area contributed by atoms with Crippen molar-refractivity contribution in [1.29, 1.82) is 0 Å². The summed E-state index contributed by atoms with van der Waals surface area (Å²) >= 11 is 0. The summed E-state index contributed by atoms with van der Waals surface area (Å²) in [5, 5.41) is 0. The summed E-state index contributed by atoms with van der Waals surface area (Å²) in [6, 6.07) is 3.89. The van der Waals surface area contributed by atoms with Crippen molar-refractivity contribution in [2.75, 3.05) is 19.6 Å². The van der Waals surface area contributed by atoms with Crippen LogP contribution in [0.15, 0.2) is 29.2 Å². The number of piperidine rings is 1. The maximum absolute atomic E-state index is 12.1. The summed E-state index contributed by atoms with van der Waals surface area (Å²) in [6.07, 6.45) is -3.44. The first kappa shape index (κ1) is 20.5. The van der Waals surface area contributed by atoms with Gasteiger partial charge in [-0.1, -0.05) is 0 Å². The van der Waals surface area contributed by atoms with Crippen LogP contribution in [-0.4, -0.2) is 51.3 Å². The van der Waals surface area contributed by atoms with Gasteiger partial charge in [0.2, 0.25) is 15.9 Å². The Balaban J connectivity index is 1.85. The lowest BCUT2D eigenvalue weighted by Gasteiger charge is -2.30. The van der Waals surface area contributed by atoms with E-state index in [2.05, 4.69) is 9.46 Å². The second kappa shape index (κ2) is 8.23. The molecule has 26 heavy (non-hydrogen) atoms. The smallest absolute Gasteiger partial charge is 0.406 e. The van der Waals surface area contributed by atoms with Crippen LogP contribution in [0.2, 0.25) is 0 Å². The monoisotopic (exact) mass is 395 g/mol. The zero-order chi connectivity index (χ0) is 19.4. The van der Waals surface area contributed by atoms with Gasteiger partial charge >= 0.3 is 6.36 Å². The number of carbonyl (C=O) groups excluding carboxylic acids is 1. The van der Waals surface area contributed by atoms with Gasteiger partial charge in [-0.15, -0.1) is 13.2 Å². The van der Waals surface area contributed by atoms with E-state index in [1.807, 2.05) is 0 Å². The Bertz CT molecular complexity index is 715. The zero-order valence-electron chi connectivity index (χ0n) is 13.8. The van der Waals surface area contributed by atoms with Gasteiger partial charge in [0.1, 0.15) is 5.75 Å². The zero-order valence-corrected chi connectivity index (χ0v) is 14.6. The Morgan fingerprint density at radius 1 is 1.23 bits per heavy atom. The predicted molar refractivity (Wildman–Crippen MR) is 86.7 cm³/mol. The number of benzene rings is 1. The van der Waals surface area contributed by atoms with Crippen LogP contribution in [0.3, 0.4) is 0 Å². The first-order valence-corrected chi connectivity index (χ1v) is 9.44. The summed E-state index contributed by atoms with van der Waals surface area (Å²) < 4.78 is 66.5. The lowest BCUT2D eigenvalue weighted by atomic mass is 10.1. The SMILES string of the molecule is NC1CCN(C(=O)CCNS(=O)(=O)c2ccc(OC(F)(F)F)cc2)CC1. The molecular formula is C15H20F3N3O4S. The number of rotatable bonds is 6. The van der Waals surface area contributed by atoms with Crippen LogP contribution >= 0.6 is 0 Å². The molecule has 0 bridgehead atoms. The van der Waals surface area contributed by atoms with Crippen LogP contribution < -0.4 is 15.2 Å². The third kappa shape index (κ3) is 6.15. The molecule has 0 unspecified atom stereocenters. The van der Waals surface area contributed by atoms with Gasteiger partial charge in [-0.05, 0) is 37.1 Å². The molecule has 0 saturated carbocycles. The first-order chi connectivity index (χ1) is 12.1. The summed E-state index contributed by atoms with van der Waals surface area (Å²) in [4.78, 5) is 13.5. The molecule has 0 aromatic heterocycles. The van der Waals surface area contributed by atoms with Crippen LogP contribution in [0.5, 0.6) is 5.75 Å². The highest BCUT2D eigenvalue weighted by Gasteiger charge is 2.31. The highest BCUT2D eigenvalue weighted by molar-refractivity contribution is 7.89. The molecule has 0 radical (unpaired) electrons. The van der Waals surface area contributed by atoms with Crippen molar-refractivity contribution < 1.29 is 31.1 Å². The molecule has 1 heterocycles. The van der Waals surface area contributed by atoms with Gasteiger partial charge in [-0.25, -0.2) is 13.1 Å². The number of ether oxygens (including phenoxy) is 1. The van der Waals surface area contributed by atoms with Crippen molar-refractivity contribution in [3.05, 3.63) is 24.3 Å². The fourth-order valence-electron chi connectivity index (χ4n) is 2.50. The second-order valence-electron chi connectivity index (χ2n) is 5.89. The fourth-order valence-corrected chi connectivity index (χ4v) is 3.53. The molecule has 2 rings (SSSR count). The Kier molecular flexibility index (Phi) is 6.48. The van der Waals surface area contributed by atoms with Crippen LogP contribution in [0.25, 0.3) is 0 Å². The van der Waals surface area contributed by atoms with Crippen LogP contribution in [0, 0.1) is 0 Å². The third-order valence-electron chi connectivity index (χ3n) is 3.89. The number of halogens is 3. The van der Waals surface area contributed by atoms with Crippen molar-refractivity contribution in [2.45, 2.75) is 36.6 Å². The minimum absolute atomic E-state index is 0.0102. The normalized spacial score (nSPS) is 16.5. The number of hydrogen-bond donors (Lipinski definition) is 2. The Morgan fingerprint density at radius 2 is 1.81 bits per heavy atom. The van der Waals surface area contributed by atoms with Gasteiger partial charge in [-0.2, -0.15) is 0 Å². The van der Waals surface area contributed by atoms with E-state index in [1.165, 1.54) is 0 Å². The maximum Gasteiger partial charge on any atom is 0.573 e. The minimum Gasteiger partial charge on any atom is -0.406 e. The van der Waals surface area contributed by atoms with Crippen molar-refractivity contribution in [3.63, 3.8) is 0 Å². The van der Waals surface area contributed by atoms with Gasteiger partial charge in [0, 0.05) is 32.1 Å². The first-order valence-electron chi connectivity index (χ1n) is 7.96. The largest absolute Gasteiger partial charge is 0.573 e. The van der Waals surface area contributed by atoms with E-state index in [4.69, 9.17) is 5.73 Å². The third-order valence-corrected chi connectivity index (χ3v) is 5.37. The molecule has 0 atom stereocenters. The number of likely N-dealkylation sites (tertiary alicyclic amines) is 1. The number of alkyl halides is 3. The molecule has 1 fully saturated rings. The molecule has 1 saturated heterocycles. The average molecular weight is 395 g/mol. The number of nitrogens with two attached hydrogens (primary N) is 1. The summed E-state index contributed by atoms with van der Waals surface area (Å²) in [6.45, 7) is 0.991. The molecule has 0 spiro atoms. The molecule has 1 aromatic rings. The molecule has 1 aliphatic heterocycles. The quantitative estimate of drug-likeness (QED) is 0.754. The number of hydrogen-bond acceptors (Lipinski definition) is 5. The fraction of sp³-hybridized carbons (Fsp3) is 0.533. The lowest BCUT2D eigenvalue weighted by molar-refractivity contribution is -0.274. The molecule has 11 heteroatoms. The summed E-state index contributed by atoms with van der Waals surface area (Å²) in [7, 11) is -3.93. The highest BCUT2D eigenvalue weighted by Crippen LogP contribution is 2.23. The van der Waals surface area contributed by atoms with E-state index in [0.717, 1.165) is 24.3 Å². The van der Waals surface area contributed by atoms with Gasteiger partial charge in [0.05, 0.1) is 4.90 Å². The number of nitrogens with one attached hydrogen (secondary N) is 1. The Hall–Kier alpha value is -1.85. The van der Waals surface area contributed by atoms with Crippen LogP contribution in [0.1, 0.15) is 19.3 Å².